The summed E-state index contributed by atoms with van der Waals surface area (Å²) in [4.78, 5) is 42.6. The fraction of sp³-hybridized carbons (Fsp3) is 0.318. The van der Waals surface area contributed by atoms with Gasteiger partial charge in [-0.15, -0.1) is 6.58 Å². The van der Waals surface area contributed by atoms with Gasteiger partial charge < -0.3 is 19.4 Å². The molecule has 1 unspecified atom stereocenters. The molecule has 0 aliphatic carbocycles. The van der Waals surface area contributed by atoms with Crippen molar-refractivity contribution in [2.24, 2.45) is 0 Å². The zero-order valence-electron chi connectivity index (χ0n) is 17.4. The number of rotatable bonds is 8. The van der Waals surface area contributed by atoms with Crippen LogP contribution in [-0.4, -0.2) is 54.3 Å². The molecule has 2 rings (SSSR count). The summed E-state index contributed by atoms with van der Waals surface area (Å²) in [6.45, 7) is 8.95. The third-order valence-corrected chi connectivity index (χ3v) is 4.84. The molecular weight excluding hydrogens is 372 g/mol. The van der Waals surface area contributed by atoms with Crippen molar-refractivity contribution in [2.75, 3.05) is 20.8 Å². The van der Waals surface area contributed by atoms with Gasteiger partial charge in [-0.3, -0.25) is 9.59 Å². The van der Waals surface area contributed by atoms with Crippen LogP contribution in [0.15, 0.2) is 36.9 Å². The molecule has 7 nitrogen and oxygen atoms in total. The Labute approximate surface area is 170 Å². The number of carbonyl (C=O) groups excluding carboxylic acids is 3. The molecule has 1 heterocycles. The van der Waals surface area contributed by atoms with E-state index in [-0.39, 0.29) is 23.9 Å². The minimum absolute atomic E-state index is 0.199. The quantitative estimate of drug-likeness (QED) is 0.419. The molecule has 1 N–H and O–H groups in total. The Balaban J connectivity index is 2.37. The summed E-state index contributed by atoms with van der Waals surface area (Å²) in [5.41, 5.74) is 2.11. The minimum Gasteiger partial charge on any atom is -0.497 e. The van der Waals surface area contributed by atoms with Crippen LogP contribution in [0.5, 0.6) is 5.75 Å². The van der Waals surface area contributed by atoms with E-state index < -0.39 is 12.0 Å². The molecule has 0 aliphatic heterocycles. The van der Waals surface area contributed by atoms with Crippen LogP contribution in [0.3, 0.4) is 0 Å². The normalized spacial score (nSPS) is 11.5. The van der Waals surface area contributed by atoms with E-state index in [2.05, 4.69) is 11.6 Å². The van der Waals surface area contributed by atoms with Gasteiger partial charge in [0.05, 0.1) is 20.3 Å². The van der Waals surface area contributed by atoms with Gasteiger partial charge in [0.25, 0.3) is 5.91 Å². The predicted octanol–water partition coefficient (Wildman–Crippen LogP) is 3.33. The van der Waals surface area contributed by atoms with Crippen LogP contribution in [0, 0.1) is 13.8 Å². The highest BCUT2D eigenvalue weighted by Gasteiger charge is 2.31. The van der Waals surface area contributed by atoms with Gasteiger partial charge in [-0.05, 0) is 50.6 Å². The largest absolute Gasteiger partial charge is 0.497 e. The van der Waals surface area contributed by atoms with Crippen molar-refractivity contribution < 1.29 is 23.9 Å². The molecular formula is C22H26N2O5. The van der Waals surface area contributed by atoms with E-state index in [1.54, 1.807) is 58.2 Å². The Morgan fingerprint density at radius 2 is 1.79 bits per heavy atom. The number of hydrogen-bond donors (Lipinski definition) is 1. The second kappa shape index (κ2) is 9.23. The molecule has 0 saturated heterocycles. The molecule has 0 saturated carbocycles. The number of aryl methyl sites for hydroxylation is 1. The molecule has 0 bridgehead atoms. The maximum atomic E-state index is 13.2. The summed E-state index contributed by atoms with van der Waals surface area (Å²) in [5.74, 6) is -0.480. The summed E-state index contributed by atoms with van der Waals surface area (Å²) >= 11 is 0. The second-order valence-corrected chi connectivity index (χ2v) is 6.63. The Hall–Kier alpha value is -3.35. The minimum atomic E-state index is -0.763. The number of benzene rings is 1. The van der Waals surface area contributed by atoms with Crippen molar-refractivity contribution in [2.45, 2.75) is 26.8 Å². The summed E-state index contributed by atoms with van der Waals surface area (Å²) < 4.78 is 9.88. The number of H-pyrrole nitrogens is 1. The van der Waals surface area contributed by atoms with Gasteiger partial charge in [-0.25, -0.2) is 4.79 Å². The molecule has 7 heteroatoms. The third-order valence-electron chi connectivity index (χ3n) is 4.84. The maximum absolute atomic E-state index is 13.2. The fourth-order valence-electron chi connectivity index (χ4n) is 3.23. The molecule has 0 aliphatic rings. The number of amides is 1. The summed E-state index contributed by atoms with van der Waals surface area (Å²) in [6, 6.07) is 5.91. The number of aromatic nitrogens is 1. The molecule has 29 heavy (non-hydrogen) atoms. The van der Waals surface area contributed by atoms with E-state index in [4.69, 9.17) is 9.47 Å². The number of hydrogen-bond acceptors (Lipinski definition) is 5. The lowest BCUT2D eigenvalue weighted by molar-refractivity contribution is 0.0593. The van der Waals surface area contributed by atoms with Crippen LogP contribution < -0.4 is 4.74 Å². The first kappa shape index (κ1) is 21.9. The zero-order chi connectivity index (χ0) is 21.7. The first-order chi connectivity index (χ1) is 13.8. The summed E-state index contributed by atoms with van der Waals surface area (Å²) in [5, 5.41) is 0. The lowest BCUT2D eigenvalue weighted by Crippen LogP contribution is -2.43. The van der Waals surface area contributed by atoms with E-state index in [0.717, 1.165) is 0 Å². The molecule has 1 aromatic carbocycles. The van der Waals surface area contributed by atoms with Crippen LogP contribution in [-0.2, 0) is 4.74 Å². The molecule has 1 aromatic heterocycles. The van der Waals surface area contributed by atoms with Crippen molar-refractivity contribution in [3.05, 3.63) is 65.0 Å². The number of nitrogens with zero attached hydrogens (tertiary/aromatic N) is 1. The highest BCUT2D eigenvalue weighted by molar-refractivity contribution is 6.07. The summed E-state index contributed by atoms with van der Waals surface area (Å²) in [6.07, 6.45) is 1.57. The molecule has 1 atom stereocenters. The smallest absolute Gasteiger partial charge is 0.354 e. The first-order valence-electron chi connectivity index (χ1n) is 9.14. The second-order valence-electron chi connectivity index (χ2n) is 6.63. The van der Waals surface area contributed by atoms with Gasteiger partial charge in [0.1, 0.15) is 11.4 Å². The number of ketones is 1. The Morgan fingerprint density at radius 1 is 1.17 bits per heavy atom. The van der Waals surface area contributed by atoms with E-state index in [1.807, 2.05) is 0 Å². The van der Waals surface area contributed by atoms with Gasteiger partial charge in [0.15, 0.2) is 5.78 Å². The lowest BCUT2D eigenvalue weighted by Gasteiger charge is -2.27. The Bertz CT molecular complexity index is 927. The third kappa shape index (κ3) is 4.39. The van der Waals surface area contributed by atoms with Gasteiger partial charge in [-0.2, -0.15) is 0 Å². The number of Topliss-reactive ketones (excluding diaryl/α,β-unsaturated/α-hetero) is 1. The van der Waals surface area contributed by atoms with Crippen LogP contribution in [0.1, 0.15) is 49.4 Å². The lowest BCUT2D eigenvalue weighted by atomic mass is 9.99. The van der Waals surface area contributed by atoms with E-state index in [1.165, 1.54) is 12.0 Å². The number of aromatic amines is 1. The molecule has 0 fully saturated rings. The van der Waals surface area contributed by atoms with Crippen molar-refractivity contribution in [1.29, 1.82) is 0 Å². The van der Waals surface area contributed by atoms with Crippen LogP contribution >= 0.6 is 0 Å². The first-order valence-corrected chi connectivity index (χ1v) is 9.14. The van der Waals surface area contributed by atoms with Crippen LogP contribution in [0.25, 0.3) is 0 Å². The summed E-state index contributed by atoms with van der Waals surface area (Å²) in [7, 11) is 2.83. The van der Waals surface area contributed by atoms with Crippen molar-refractivity contribution in [3.63, 3.8) is 0 Å². The predicted molar refractivity (Wildman–Crippen MR) is 110 cm³/mol. The molecule has 2 aromatic rings. The maximum Gasteiger partial charge on any atom is 0.354 e. The molecule has 0 spiro atoms. The Kier molecular flexibility index (Phi) is 6.98. The van der Waals surface area contributed by atoms with Crippen molar-refractivity contribution >= 4 is 17.7 Å². The van der Waals surface area contributed by atoms with Crippen molar-refractivity contribution in [3.8, 4) is 5.75 Å². The van der Waals surface area contributed by atoms with Crippen molar-refractivity contribution in [1.82, 2.24) is 9.88 Å². The van der Waals surface area contributed by atoms with E-state index in [0.29, 0.717) is 28.1 Å². The fourth-order valence-corrected chi connectivity index (χ4v) is 3.23. The zero-order valence-corrected chi connectivity index (χ0v) is 17.4. The highest BCUT2D eigenvalue weighted by atomic mass is 16.5. The average molecular weight is 398 g/mol. The molecule has 154 valence electrons. The topological polar surface area (TPSA) is 88.7 Å². The number of carbonyl (C=O) groups is 3. The SMILES string of the molecule is C=CCN(C(=O)c1ccc(OC)cc1)C(C)C(=O)c1c(C)[nH]c(C(=O)OC)c1C. The standard InChI is InChI=1S/C22H26N2O5/c1-7-12-24(21(26)16-8-10-17(28-5)11-9-16)15(4)20(25)18-13(2)19(22(27)29-6)23-14(18)3/h7-11,15,23H,1,12H2,2-6H3. The number of ether oxygens (including phenoxy) is 2. The highest BCUT2D eigenvalue weighted by Crippen LogP contribution is 2.23. The molecule has 0 radical (unpaired) electrons. The number of esters is 1. The average Bonchev–Trinajstić information content (AvgIpc) is 3.03. The van der Waals surface area contributed by atoms with Crippen LogP contribution in [0.4, 0.5) is 0 Å². The van der Waals surface area contributed by atoms with E-state index in [9.17, 15) is 14.4 Å². The Morgan fingerprint density at radius 3 is 2.31 bits per heavy atom. The monoisotopic (exact) mass is 398 g/mol. The van der Waals surface area contributed by atoms with Gasteiger partial charge in [0, 0.05) is 23.4 Å². The van der Waals surface area contributed by atoms with Crippen LogP contribution in [0.2, 0.25) is 0 Å². The van der Waals surface area contributed by atoms with Gasteiger partial charge in [0.2, 0.25) is 0 Å². The number of methoxy groups -OCH3 is 2. The number of nitrogens with one attached hydrogen (secondary N) is 1. The van der Waals surface area contributed by atoms with E-state index >= 15 is 0 Å². The van der Waals surface area contributed by atoms with Gasteiger partial charge >= 0.3 is 5.97 Å². The molecule has 1 amide bonds. The van der Waals surface area contributed by atoms with Gasteiger partial charge in [-0.1, -0.05) is 6.08 Å².